The SMILES string of the molecule is COc1ccc(Cl)cc1NS(=O)(=O)c1ccc2sc(=O)sc2c1. The number of rotatable bonds is 4. The second-order valence-corrected chi connectivity index (χ2v) is 8.92. The van der Waals surface area contributed by atoms with Gasteiger partial charge in [-0.1, -0.05) is 34.3 Å². The van der Waals surface area contributed by atoms with Crippen LogP contribution in [0.4, 0.5) is 5.69 Å². The van der Waals surface area contributed by atoms with Gasteiger partial charge in [-0.15, -0.1) is 0 Å². The second-order valence-electron chi connectivity index (χ2n) is 4.51. The van der Waals surface area contributed by atoms with Crippen LogP contribution in [0.2, 0.25) is 5.02 Å². The number of hydrogen-bond donors (Lipinski definition) is 1. The van der Waals surface area contributed by atoms with E-state index in [0.717, 1.165) is 27.4 Å². The first-order valence-corrected chi connectivity index (χ1v) is 9.78. The minimum absolute atomic E-state index is 0.0704. The van der Waals surface area contributed by atoms with Gasteiger partial charge >= 0.3 is 0 Å². The molecule has 0 saturated heterocycles. The van der Waals surface area contributed by atoms with Crippen molar-refractivity contribution in [1.82, 2.24) is 0 Å². The average molecular weight is 388 g/mol. The lowest BCUT2D eigenvalue weighted by Crippen LogP contribution is -2.13. The van der Waals surface area contributed by atoms with Crippen molar-refractivity contribution in [1.29, 1.82) is 0 Å². The Hall–Kier alpha value is -1.61. The number of ether oxygens (including phenoxy) is 1. The van der Waals surface area contributed by atoms with E-state index >= 15 is 0 Å². The molecule has 120 valence electrons. The molecule has 0 fully saturated rings. The van der Waals surface area contributed by atoms with Gasteiger partial charge in [0.1, 0.15) is 5.75 Å². The molecule has 0 amide bonds. The van der Waals surface area contributed by atoms with E-state index in [1.165, 1.54) is 25.3 Å². The lowest BCUT2D eigenvalue weighted by atomic mass is 10.3. The molecule has 0 radical (unpaired) electrons. The van der Waals surface area contributed by atoms with Crippen LogP contribution in [0.15, 0.2) is 46.1 Å². The molecule has 9 heteroatoms. The Balaban J connectivity index is 2.03. The van der Waals surface area contributed by atoms with Gasteiger partial charge < -0.3 is 4.74 Å². The van der Waals surface area contributed by atoms with Crippen molar-refractivity contribution in [3.63, 3.8) is 0 Å². The highest BCUT2D eigenvalue weighted by Crippen LogP contribution is 2.31. The molecule has 2 aromatic carbocycles. The molecule has 0 aliphatic heterocycles. The van der Waals surface area contributed by atoms with E-state index < -0.39 is 10.0 Å². The van der Waals surface area contributed by atoms with E-state index in [0.29, 0.717) is 15.5 Å². The molecule has 1 N–H and O–H groups in total. The van der Waals surface area contributed by atoms with Crippen molar-refractivity contribution in [2.24, 2.45) is 0 Å². The zero-order valence-electron chi connectivity index (χ0n) is 11.7. The van der Waals surface area contributed by atoms with Gasteiger partial charge in [-0.05, 0) is 36.4 Å². The van der Waals surface area contributed by atoms with E-state index in [1.807, 2.05) is 0 Å². The zero-order valence-corrected chi connectivity index (χ0v) is 14.9. The number of benzene rings is 2. The molecule has 0 unspecified atom stereocenters. The highest BCUT2D eigenvalue weighted by Gasteiger charge is 2.18. The lowest BCUT2D eigenvalue weighted by Gasteiger charge is -2.12. The van der Waals surface area contributed by atoms with Crippen LogP contribution in [-0.2, 0) is 10.0 Å². The smallest absolute Gasteiger partial charge is 0.288 e. The molecular weight excluding hydrogens is 378 g/mol. The Morgan fingerprint density at radius 2 is 1.83 bits per heavy atom. The van der Waals surface area contributed by atoms with Gasteiger partial charge in [0.05, 0.1) is 22.4 Å². The van der Waals surface area contributed by atoms with Crippen molar-refractivity contribution >= 4 is 59.4 Å². The molecule has 0 atom stereocenters. The second kappa shape index (κ2) is 6.12. The van der Waals surface area contributed by atoms with Crippen LogP contribution in [0.25, 0.3) is 9.40 Å². The third-order valence-electron chi connectivity index (χ3n) is 3.02. The summed E-state index contributed by atoms with van der Waals surface area (Å²) in [5, 5.41) is 0.384. The number of fused-ring (bicyclic) bond motifs is 1. The highest BCUT2D eigenvalue weighted by atomic mass is 35.5. The fourth-order valence-corrected chi connectivity index (χ4v) is 5.28. The third kappa shape index (κ3) is 3.35. The molecule has 0 aliphatic carbocycles. The predicted molar refractivity (Wildman–Crippen MR) is 94.8 cm³/mol. The van der Waals surface area contributed by atoms with Crippen LogP contribution in [0.5, 0.6) is 5.75 Å². The van der Waals surface area contributed by atoms with E-state index in [2.05, 4.69) is 4.72 Å². The molecule has 3 rings (SSSR count). The molecule has 0 aliphatic rings. The quantitative estimate of drug-likeness (QED) is 0.739. The minimum Gasteiger partial charge on any atom is -0.495 e. The number of nitrogens with one attached hydrogen (secondary N) is 1. The Morgan fingerprint density at radius 3 is 2.57 bits per heavy atom. The molecule has 3 aromatic rings. The van der Waals surface area contributed by atoms with E-state index in [1.54, 1.807) is 18.2 Å². The number of sulfonamides is 1. The maximum absolute atomic E-state index is 12.6. The van der Waals surface area contributed by atoms with Crippen molar-refractivity contribution in [3.05, 3.63) is 50.3 Å². The Bertz CT molecular complexity index is 1040. The zero-order chi connectivity index (χ0) is 16.6. The van der Waals surface area contributed by atoms with Crippen LogP contribution in [0.1, 0.15) is 0 Å². The van der Waals surface area contributed by atoms with Gasteiger partial charge in [0.2, 0.25) is 0 Å². The first-order chi connectivity index (χ1) is 10.9. The molecule has 0 saturated carbocycles. The third-order valence-corrected chi connectivity index (χ3v) is 6.71. The Labute approximate surface area is 145 Å². The fraction of sp³-hybridized carbons (Fsp3) is 0.0714. The normalized spacial score (nSPS) is 11.6. The minimum atomic E-state index is -3.82. The number of halogens is 1. The van der Waals surface area contributed by atoms with Crippen LogP contribution in [0.3, 0.4) is 0 Å². The maximum Gasteiger partial charge on any atom is 0.288 e. The average Bonchev–Trinajstić information content (AvgIpc) is 2.86. The number of hydrogen-bond acceptors (Lipinski definition) is 6. The summed E-state index contributed by atoms with van der Waals surface area (Å²) >= 11 is 8.02. The number of methoxy groups -OCH3 is 1. The topological polar surface area (TPSA) is 72.5 Å². The van der Waals surface area contributed by atoms with Crippen LogP contribution >= 0.6 is 34.3 Å². The van der Waals surface area contributed by atoms with E-state index in [4.69, 9.17) is 16.3 Å². The molecule has 1 aromatic heterocycles. The summed E-state index contributed by atoms with van der Waals surface area (Å²) in [6.07, 6.45) is 0. The molecule has 0 bridgehead atoms. The van der Waals surface area contributed by atoms with Gasteiger partial charge in [-0.3, -0.25) is 9.52 Å². The first kappa shape index (κ1) is 16.3. The summed E-state index contributed by atoms with van der Waals surface area (Å²) in [6.45, 7) is 0. The number of anilines is 1. The largest absolute Gasteiger partial charge is 0.495 e. The van der Waals surface area contributed by atoms with Crippen LogP contribution in [-0.4, -0.2) is 15.5 Å². The highest BCUT2D eigenvalue weighted by molar-refractivity contribution is 7.92. The fourth-order valence-electron chi connectivity index (χ4n) is 1.98. The Morgan fingerprint density at radius 1 is 1.09 bits per heavy atom. The lowest BCUT2D eigenvalue weighted by molar-refractivity contribution is 0.417. The summed E-state index contributed by atoms with van der Waals surface area (Å²) in [5.74, 6) is 0.360. The predicted octanol–water partition coefficient (Wildman–Crippen LogP) is 3.79. The van der Waals surface area contributed by atoms with Gasteiger partial charge in [-0.2, -0.15) is 0 Å². The van der Waals surface area contributed by atoms with Gasteiger partial charge in [0, 0.05) is 9.72 Å². The van der Waals surface area contributed by atoms with E-state index in [-0.39, 0.29) is 14.6 Å². The van der Waals surface area contributed by atoms with Gasteiger partial charge in [0.15, 0.2) is 0 Å². The summed E-state index contributed by atoms with van der Waals surface area (Å²) in [4.78, 5) is 11.5. The van der Waals surface area contributed by atoms with Crippen LogP contribution < -0.4 is 13.5 Å². The summed E-state index contributed by atoms with van der Waals surface area (Å²) in [7, 11) is -2.38. The maximum atomic E-state index is 12.6. The van der Waals surface area contributed by atoms with Crippen molar-refractivity contribution < 1.29 is 13.2 Å². The summed E-state index contributed by atoms with van der Waals surface area (Å²) in [5.41, 5.74) is 0.249. The van der Waals surface area contributed by atoms with Crippen molar-refractivity contribution in [2.45, 2.75) is 4.90 Å². The molecule has 0 spiro atoms. The standard InChI is InChI=1S/C14H10ClNO4S3/c1-20-11-4-2-8(15)6-10(11)16-23(18,19)9-3-5-12-13(7-9)22-14(17)21-12/h2-7,16H,1H3. The summed E-state index contributed by atoms with van der Waals surface area (Å²) in [6, 6.07) is 9.23. The first-order valence-electron chi connectivity index (χ1n) is 6.29. The van der Waals surface area contributed by atoms with Gasteiger partial charge in [-0.25, -0.2) is 8.42 Å². The molecular formula is C14H10ClNO4S3. The van der Waals surface area contributed by atoms with Gasteiger partial charge in [0.25, 0.3) is 14.1 Å². The van der Waals surface area contributed by atoms with Crippen molar-refractivity contribution in [3.8, 4) is 5.75 Å². The van der Waals surface area contributed by atoms with Crippen LogP contribution in [0, 0.1) is 0 Å². The Kier molecular flexibility index (Phi) is 4.33. The van der Waals surface area contributed by atoms with E-state index in [9.17, 15) is 13.2 Å². The molecule has 5 nitrogen and oxygen atoms in total. The molecule has 1 heterocycles. The molecule has 23 heavy (non-hydrogen) atoms. The monoisotopic (exact) mass is 387 g/mol. The summed E-state index contributed by atoms with van der Waals surface area (Å²) < 4.78 is 34.0. The van der Waals surface area contributed by atoms with Crippen molar-refractivity contribution in [2.75, 3.05) is 11.8 Å².